The first-order valence-electron chi connectivity index (χ1n) is 11.3. The van der Waals surface area contributed by atoms with Crippen LogP contribution in [0.5, 0.6) is 0 Å². The van der Waals surface area contributed by atoms with Crippen LogP contribution in [0.4, 0.5) is 4.39 Å². The van der Waals surface area contributed by atoms with Crippen molar-refractivity contribution in [2.75, 3.05) is 13.1 Å². The zero-order chi connectivity index (χ0) is 22.8. The summed E-state index contributed by atoms with van der Waals surface area (Å²) in [5, 5.41) is 10.1. The van der Waals surface area contributed by atoms with Gasteiger partial charge in [-0.25, -0.2) is 14.4 Å². The van der Waals surface area contributed by atoms with E-state index in [-0.39, 0.29) is 11.7 Å². The van der Waals surface area contributed by atoms with E-state index in [9.17, 15) is 14.4 Å². The van der Waals surface area contributed by atoms with Crippen molar-refractivity contribution in [3.8, 4) is 17.5 Å². The Hall–Kier alpha value is -3.66. The summed E-state index contributed by atoms with van der Waals surface area (Å²) in [5.74, 6) is 0.0886. The van der Waals surface area contributed by atoms with Gasteiger partial charge in [0.05, 0.1) is 22.7 Å². The average molecular weight is 442 g/mol. The van der Waals surface area contributed by atoms with E-state index in [1.807, 2.05) is 6.07 Å². The molecule has 5 rings (SSSR count). The molecule has 33 heavy (non-hydrogen) atoms. The molecule has 1 aliphatic heterocycles. The molecule has 1 saturated carbocycles. The van der Waals surface area contributed by atoms with Gasteiger partial charge in [0, 0.05) is 25.5 Å². The molecular formula is C26H24FN5O. The number of nitrogens with zero attached hydrogens (tertiary/aromatic N) is 5. The average Bonchev–Trinajstić information content (AvgIpc) is 3.71. The monoisotopic (exact) mass is 441 g/mol. The SMILES string of the molecule is N#CC1(Cc2ccc(F)cc2C2CC2)CCN(C(=O)c2cccnc2-c2ccncn2)CC1. The van der Waals surface area contributed by atoms with E-state index >= 15 is 0 Å². The normalized spacial score (nSPS) is 17.4. The molecule has 6 nitrogen and oxygen atoms in total. The minimum atomic E-state index is -0.553. The van der Waals surface area contributed by atoms with Crippen LogP contribution >= 0.6 is 0 Å². The Balaban J connectivity index is 1.33. The molecule has 1 amide bonds. The van der Waals surface area contributed by atoms with E-state index in [1.165, 1.54) is 12.4 Å². The van der Waals surface area contributed by atoms with Crippen LogP contribution in [0.2, 0.25) is 0 Å². The zero-order valence-electron chi connectivity index (χ0n) is 18.2. The molecule has 166 valence electrons. The van der Waals surface area contributed by atoms with Gasteiger partial charge >= 0.3 is 0 Å². The minimum absolute atomic E-state index is 0.108. The highest BCUT2D eigenvalue weighted by Crippen LogP contribution is 2.44. The van der Waals surface area contributed by atoms with E-state index in [4.69, 9.17) is 0 Å². The molecule has 3 aromatic rings. The van der Waals surface area contributed by atoms with Crippen molar-refractivity contribution in [2.24, 2.45) is 5.41 Å². The van der Waals surface area contributed by atoms with Crippen LogP contribution in [0.25, 0.3) is 11.4 Å². The number of carbonyl (C=O) groups is 1. The highest BCUT2D eigenvalue weighted by Gasteiger charge is 2.38. The van der Waals surface area contributed by atoms with Gasteiger partial charge in [-0.15, -0.1) is 0 Å². The summed E-state index contributed by atoms with van der Waals surface area (Å²) >= 11 is 0. The number of likely N-dealkylation sites (tertiary alicyclic amines) is 1. The van der Waals surface area contributed by atoms with Crippen LogP contribution in [0.3, 0.4) is 0 Å². The van der Waals surface area contributed by atoms with Crippen molar-refractivity contribution in [3.05, 3.63) is 77.6 Å². The quantitative estimate of drug-likeness (QED) is 0.580. The Bertz CT molecular complexity index is 1210. The number of amides is 1. The molecule has 1 saturated heterocycles. The molecule has 1 aliphatic carbocycles. The van der Waals surface area contributed by atoms with Crippen LogP contribution in [-0.4, -0.2) is 38.8 Å². The Morgan fingerprint density at radius 1 is 1.15 bits per heavy atom. The Kier molecular flexibility index (Phi) is 5.59. The molecule has 0 atom stereocenters. The lowest BCUT2D eigenvalue weighted by atomic mass is 9.74. The number of hydrogen-bond donors (Lipinski definition) is 0. The molecule has 0 bridgehead atoms. The number of piperidine rings is 1. The van der Waals surface area contributed by atoms with Gasteiger partial charge in [-0.2, -0.15) is 5.26 Å². The predicted octanol–water partition coefficient (Wildman–Crippen LogP) is 4.54. The van der Waals surface area contributed by atoms with Crippen molar-refractivity contribution < 1.29 is 9.18 Å². The van der Waals surface area contributed by atoms with Gasteiger partial charge in [0.2, 0.25) is 0 Å². The first kappa shape index (κ1) is 21.2. The van der Waals surface area contributed by atoms with Crippen LogP contribution in [-0.2, 0) is 6.42 Å². The second kappa shape index (κ2) is 8.70. The highest BCUT2D eigenvalue weighted by molar-refractivity contribution is 5.99. The fourth-order valence-corrected chi connectivity index (χ4v) is 4.71. The van der Waals surface area contributed by atoms with Crippen molar-refractivity contribution in [2.45, 2.75) is 38.0 Å². The molecule has 0 radical (unpaired) electrons. The number of pyridine rings is 1. The Labute approximate surface area is 192 Å². The number of aromatic nitrogens is 3. The van der Waals surface area contributed by atoms with Crippen molar-refractivity contribution in [1.29, 1.82) is 5.26 Å². The third-order valence-corrected chi connectivity index (χ3v) is 6.76. The summed E-state index contributed by atoms with van der Waals surface area (Å²) in [6.45, 7) is 0.981. The standard InChI is InChI=1S/C26H24FN5O/c27-20-6-5-19(22(14-20)18-3-4-18)15-26(16-28)8-12-32(13-9-26)25(33)21-2-1-10-30-24(21)23-7-11-29-17-31-23/h1-2,5-7,10-11,14,17-18H,3-4,8-9,12-13,15H2. The molecular weight excluding hydrogens is 417 g/mol. The first-order valence-corrected chi connectivity index (χ1v) is 11.3. The maximum Gasteiger partial charge on any atom is 0.256 e. The summed E-state index contributed by atoms with van der Waals surface area (Å²) in [6, 6.07) is 12.7. The predicted molar refractivity (Wildman–Crippen MR) is 121 cm³/mol. The number of rotatable bonds is 5. The number of halogens is 1. The zero-order valence-corrected chi connectivity index (χ0v) is 18.2. The van der Waals surface area contributed by atoms with E-state index in [0.717, 1.165) is 24.0 Å². The smallest absolute Gasteiger partial charge is 0.256 e. The number of carbonyl (C=O) groups excluding carboxylic acids is 1. The molecule has 7 heteroatoms. The largest absolute Gasteiger partial charge is 0.338 e. The van der Waals surface area contributed by atoms with Gasteiger partial charge < -0.3 is 4.90 Å². The third-order valence-electron chi connectivity index (χ3n) is 6.76. The van der Waals surface area contributed by atoms with E-state index in [2.05, 4.69) is 21.0 Å². The lowest BCUT2D eigenvalue weighted by molar-refractivity contribution is 0.0647. The van der Waals surface area contributed by atoms with Crippen LogP contribution in [0.15, 0.2) is 55.1 Å². The number of hydrogen-bond acceptors (Lipinski definition) is 5. The molecule has 0 unspecified atom stereocenters. The topological polar surface area (TPSA) is 82.8 Å². The van der Waals surface area contributed by atoms with Crippen molar-refractivity contribution in [1.82, 2.24) is 19.9 Å². The fraction of sp³-hybridized carbons (Fsp3) is 0.346. The van der Waals surface area contributed by atoms with Gasteiger partial charge in [0.25, 0.3) is 5.91 Å². The van der Waals surface area contributed by atoms with Gasteiger partial charge in [-0.1, -0.05) is 6.07 Å². The van der Waals surface area contributed by atoms with Crippen molar-refractivity contribution >= 4 is 5.91 Å². The second-order valence-corrected chi connectivity index (χ2v) is 8.97. The first-order chi connectivity index (χ1) is 16.1. The van der Waals surface area contributed by atoms with E-state index in [0.29, 0.717) is 55.2 Å². The van der Waals surface area contributed by atoms with Gasteiger partial charge in [0.1, 0.15) is 17.8 Å². The summed E-state index contributed by atoms with van der Waals surface area (Å²) < 4.78 is 13.8. The number of benzene rings is 1. The highest BCUT2D eigenvalue weighted by atomic mass is 19.1. The summed E-state index contributed by atoms with van der Waals surface area (Å²) in [7, 11) is 0. The van der Waals surface area contributed by atoms with Gasteiger partial charge in [-0.05, 0) is 79.5 Å². The van der Waals surface area contributed by atoms with Crippen LogP contribution in [0, 0.1) is 22.6 Å². The van der Waals surface area contributed by atoms with E-state index < -0.39 is 5.41 Å². The third kappa shape index (κ3) is 4.34. The summed E-state index contributed by atoms with van der Waals surface area (Å²) in [5.41, 5.74) is 3.19. The summed E-state index contributed by atoms with van der Waals surface area (Å²) in [4.78, 5) is 27.7. The van der Waals surface area contributed by atoms with Crippen molar-refractivity contribution in [3.63, 3.8) is 0 Å². The van der Waals surface area contributed by atoms with Gasteiger partial charge in [0.15, 0.2) is 0 Å². The Morgan fingerprint density at radius 2 is 1.97 bits per heavy atom. The molecule has 2 aliphatic rings. The molecule has 2 aromatic heterocycles. The Morgan fingerprint density at radius 3 is 2.67 bits per heavy atom. The minimum Gasteiger partial charge on any atom is -0.338 e. The van der Waals surface area contributed by atoms with Crippen LogP contribution < -0.4 is 0 Å². The lowest BCUT2D eigenvalue weighted by Crippen LogP contribution is -2.43. The maximum absolute atomic E-state index is 13.8. The second-order valence-electron chi connectivity index (χ2n) is 8.97. The number of nitriles is 1. The van der Waals surface area contributed by atoms with Crippen LogP contribution in [0.1, 0.15) is 53.1 Å². The molecule has 3 heterocycles. The lowest BCUT2D eigenvalue weighted by Gasteiger charge is -2.38. The summed E-state index contributed by atoms with van der Waals surface area (Å²) in [6.07, 6.45) is 8.63. The molecule has 1 aromatic carbocycles. The van der Waals surface area contributed by atoms with Gasteiger partial charge in [-0.3, -0.25) is 9.78 Å². The molecule has 2 fully saturated rings. The fourth-order valence-electron chi connectivity index (χ4n) is 4.71. The van der Waals surface area contributed by atoms with E-state index in [1.54, 1.807) is 41.6 Å². The molecule has 0 spiro atoms. The maximum atomic E-state index is 13.8. The molecule has 0 N–H and O–H groups in total.